The average molecular weight is 239 g/mol. The van der Waals surface area contributed by atoms with Gasteiger partial charge in [0.2, 0.25) is 0 Å². The van der Waals surface area contributed by atoms with Gasteiger partial charge in [0.25, 0.3) is 5.91 Å². The van der Waals surface area contributed by atoms with Gasteiger partial charge in [-0.2, -0.15) is 15.4 Å². The first kappa shape index (κ1) is 13.6. The number of hydrogen-bond donors (Lipinski definition) is 2. The lowest BCUT2D eigenvalue weighted by Crippen LogP contribution is -2.40. The number of amides is 1. The van der Waals surface area contributed by atoms with Crippen LogP contribution in [0.4, 0.5) is 0 Å². The lowest BCUT2D eigenvalue weighted by molar-refractivity contribution is 0.0935. The maximum absolute atomic E-state index is 11.8. The van der Waals surface area contributed by atoms with Crippen LogP contribution in [0.1, 0.15) is 35.9 Å². The van der Waals surface area contributed by atoms with Crippen LogP contribution in [-0.4, -0.2) is 52.9 Å². The van der Waals surface area contributed by atoms with Gasteiger partial charge in [-0.15, -0.1) is 0 Å². The summed E-state index contributed by atoms with van der Waals surface area (Å²) >= 11 is 0. The Balaban J connectivity index is 2.49. The minimum Gasteiger partial charge on any atom is -0.349 e. The third-order valence-electron chi connectivity index (χ3n) is 2.79. The standard InChI is InChI=1S/C11H21N5O/c1-5-6-9(16(3)4)7-12-11(17)10-8(2)13-15-14-10/h9H,5-7H2,1-4H3,(H,12,17)(H,13,14,15). The minimum atomic E-state index is -0.167. The van der Waals surface area contributed by atoms with Gasteiger partial charge in [-0.05, 0) is 27.4 Å². The van der Waals surface area contributed by atoms with Crippen molar-refractivity contribution in [2.24, 2.45) is 0 Å². The number of carbonyl (C=O) groups is 1. The van der Waals surface area contributed by atoms with Gasteiger partial charge in [0, 0.05) is 12.6 Å². The van der Waals surface area contributed by atoms with Gasteiger partial charge < -0.3 is 10.2 Å². The van der Waals surface area contributed by atoms with E-state index in [9.17, 15) is 4.79 Å². The van der Waals surface area contributed by atoms with Crippen LogP contribution in [-0.2, 0) is 0 Å². The number of likely N-dealkylation sites (N-methyl/N-ethyl adjacent to an activating group) is 1. The molecule has 17 heavy (non-hydrogen) atoms. The second-order valence-corrected chi connectivity index (χ2v) is 4.37. The molecule has 1 unspecified atom stereocenters. The molecule has 0 aliphatic carbocycles. The first-order valence-electron chi connectivity index (χ1n) is 5.88. The molecule has 1 rings (SSSR count). The van der Waals surface area contributed by atoms with E-state index in [0.29, 0.717) is 24.0 Å². The van der Waals surface area contributed by atoms with Crippen LogP contribution >= 0.6 is 0 Å². The van der Waals surface area contributed by atoms with Crippen molar-refractivity contribution in [3.8, 4) is 0 Å². The maximum Gasteiger partial charge on any atom is 0.273 e. The van der Waals surface area contributed by atoms with E-state index in [1.165, 1.54) is 0 Å². The van der Waals surface area contributed by atoms with Gasteiger partial charge in [-0.1, -0.05) is 13.3 Å². The highest BCUT2D eigenvalue weighted by atomic mass is 16.2. The topological polar surface area (TPSA) is 73.9 Å². The van der Waals surface area contributed by atoms with Crippen LogP contribution in [0.25, 0.3) is 0 Å². The number of hydrogen-bond acceptors (Lipinski definition) is 4. The third-order valence-corrected chi connectivity index (χ3v) is 2.79. The lowest BCUT2D eigenvalue weighted by atomic mass is 10.1. The predicted octanol–water partition coefficient (Wildman–Crippen LogP) is 0.573. The molecule has 6 nitrogen and oxygen atoms in total. The highest BCUT2D eigenvalue weighted by molar-refractivity contribution is 5.93. The largest absolute Gasteiger partial charge is 0.349 e. The fourth-order valence-electron chi connectivity index (χ4n) is 1.67. The average Bonchev–Trinajstić information content (AvgIpc) is 2.69. The fourth-order valence-corrected chi connectivity index (χ4v) is 1.67. The highest BCUT2D eigenvalue weighted by Gasteiger charge is 2.16. The van der Waals surface area contributed by atoms with E-state index in [0.717, 1.165) is 12.8 Å². The Hall–Kier alpha value is -1.43. The Labute approximate surface area is 102 Å². The van der Waals surface area contributed by atoms with E-state index in [4.69, 9.17) is 0 Å². The molecule has 1 heterocycles. The van der Waals surface area contributed by atoms with E-state index >= 15 is 0 Å². The molecule has 0 bridgehead atoms. The Morgan fingerprint density at radius 1 is 1.47 bits per heavy atom. The van der Waals surface area contributed by atoms with Crippen LogP contribution in [0, 0.1) is 6.92 Å². The Kier molecular flexibility index (Phi) is 5.09. The second-order valence-electron chi connectivity index (χ2n) is 4.37. The zero-order valence-electron chi connectivity index (χ0n) is 10.9. The molecule has 1 amide bonds. The molecule has 0 saturated carbocycles. The van der Waals surface area contributed by atoms with Gasteiger partial charge in [0.1, 0.15) is 0 Å². The molecular formula is C11H21N5O. The summed E-state index contributed by atoms with van der Waals surface area (Å²) in [5.41, 5.74) is 0.999. The van der Waals surface area contributed by atoms with E-state index in [1.54, 1.807) is 6.92 Å². The summed E-state index contributed by atoms with van der Waals surface area (Å²) in [5, 5.41) is 13.0. The smallest absolute Gasteiger partial charge is 0.273 e. The lowest BCUT2D eigenvalue weighted by Gasteiger charge is -2.23. The van der Waals surface area contributed by atoms with Gasteiger partial charge in [-0.25, -0.2) is 0 Å². The zero-order valence-corrected chi connectivity index (χ0v) is 10.9. The molecular weight excluding hydrogens is 218 g/mol. The summed E-state index contributed by atoms with van der Waals surface area (Å²) in [6.07, 6.45) is 2.16. The number of H-pyrrole nitrogens is 1. The van der Waals surface area contributed by atoms with E-state index in [-0.39, 0.29) is 5.91 Å². The molecule has 1 atom stereocenters. The van der Waals surface area contributed by atoms with Crippen molar-refractivity contribution in [1.29, 1.82) is 0 Å². The quantitative estimate of drug-likeness (QED) is 0.761. The normalized spacial score (nSPS) is 12.8. The molecule has 6 heteroatoms. The number of rotatable bonds is 6. The number of aromatic nitrogens is 3. The van der Waals surface area contributed by atoms with Crippen molar-refractivity contribution >= 4 is 5.91 Å². The SMILES string of the molecule is CCCC(CNC(=O)c1n[nH]nc1C)N(C)C. The van der Waals surface area contributed by atoms with Gasteiger partial charge >= 0.3 is 0 Å². The summed E-state index contributed by atoms with van der Waals surface area (Å²) in [7, 11) is 4.04. The molecule has 2 N–H and O–H groups in total. The van der Waals surface area contributed by atoms with Crippen LogP contribution in [0.5, 0.6) is 0 Å². The molecule has 1 aromatic rings. The second kappa shape index (κ2) is 6.34. The van der Waals surface area contributed by atoms with Crippen molar-refractivity contribution in [3.05, 3.63) is 11.4 Å². The van der Waals surface area contributed by atoms with Gasteiger partial charge in [0.15, 0.2) is 5.69 Å². The molecule has 0 radical (unpaired) electrons. The number of nitrogens with one attached hydrogen (secondary N) is 2. The first-order chi connectivity index (χ1) is 8.06. The van der Waals surface area contributed by atoms with Crippen LogP contribution in [0.15, 0.2) is 0 Å². The summed E-state index contributed by atoms with van der Waals surface area (Å²) in [5.74, 6) is -0.167. The molecule has 0 fully saturated rings. The van der Waals surface area contributed by atoms with Crippen molar-refractivity contribution in [2.75, 3.05) is 20.6 Å². The van der Waals surface area contributed by atoms with Crippen molar-refractivity contribution in [2.45, 2.75) is 32.7 Å². The van der Waals surface area contributed by atoms with Crippen LogP contribution < -0.4 is 5.32 Å². The Morgan fingerprint density at radius 3 is 2.65 bits per heavy atom. The molecule has 1 aromatic heterocycles. The predicted molar refractivity (Wildman–Crippen MR) is 65.8 cm³/mol. The van der Waals surface area contributed by atoms with Gasteiger partial charge in [-0.3, -0.25) is 4.79 Å². The summed E-state index contributed by atoms with van der Waals surface area (Å²) < 4.78 is 0. The molecule has 0 saturated heterocycles. The summed E-state index contributed by atoms with van der Waals surface area (Å²) in [6, 6.07) is 0.358. The third kappa shape index (κ3) is 3.81. The maximum atomic E-state index is 11.8. The number of aromatic amines is 1. The monoisotopic (exact) mass is 239 g/mol. The van der Waals surface area contributed by atoms with E-state index in [1.807, 2.05) is 14.1 Å². The van der Waals surface area contributed by atoms with Crippen LogP contribution in [0.2, 0.25) is 0 Å². The van der Waals surface area contributed by atoms with Crippen molar-refractivity contribution in [3.63, 3.8) is 0 Å². The Morgan fingerprint density at radius 2 is 2.18 bits per heavy atom. The molecule has 0 aromatic carbocycles. The number of carbonyl (C=O) groups excluding carboxylic acids is 1. The van der Waals surface area contributed by atoms with E-state index in [2.05, 4.69) is 32.6 Å². The molecule has 0 aliphatic heterocycles. The highest BCUT2D eigenvalue weighted by Crippen LogP contribution is 2.03. The number of nitrogens with zero attached hydrogens (tertiary/aromatic N) is 3. The summed E-state index contributed by atoms with van der Waals surface area (Å²) in [4.78, 5) is 13.9. The number of aryl methyl sites for hydroxylation is 1. The Bertz CT molecular complexity index is 360. The fraction of sp³-hybridized carbons (Fsp3) is 0.727. The molecule has 96 valence electrons. The minimum absolute atomic E-state index is 0.167. The zero-order chi connectivity index (χ0) is 12.8. The van der Waals surface area contributed by atoms with Crippen LogP contribution in [0.3, 0.4) is 0 Å². The first-order valence-corrected chi connectivity index (χ1v) is 5.88. The van der Waals surface area contributed by atoms with Gasteiger partial charge in [0.05, 0.1) is 5.69 Å². The molecule has 0 aliphatic rings. The molecule has 0 spiro atoms. The van der Waals surface area contributed by atoms with E-state index < -0.39 is 0 Å². The van der Waals surface area contributed by atoms with Crippen molar-refractivity contribution < 1.29 is 4.79 Å². The summed E-state index contributed by atoms with van der Waals surface area (Å²) in [6.45, 7) is 4.53. The van der Waals surface area contributed by atoms with Crippen molar-refractivity contribution in [1.82, 2.24) is 25.6 Å².